The van der Waals surface area contributed by atoms with Gasteiger partial charge in [0.25, 0.3) is 0 Å². The monoisotopic (exact) mass is 209 g/mol. The molecule has 0 aliphatic rings. The summed E-state index contributed by atoms with van der Waals surface area (Å²) in [6.45, 7) is 0. The first kappa shape index (κ1) is 10.7. The van der Waals surface area contributed by atoms with E-state index in [4.69, 9.17) is 5.26 Å². The lowest BCUT2D eigenvalue weighted by atomic mass is 10.3. The van der Waals surface area contributed by atoms with Crippen LogP contribution in [0.25, 0.3) is 0 Å². The smallest absolute Gasteiger partial charge is 0.434 e. The summed E-state index contributed by atoms with van der Waals surface area (Å²) in [6, 6.07) is 1.72. The molecule has 0 aliphatic carbocycles. The molecule has 0 saturated heterocycles. The predicted octanol–water partition coefficient (Wildman–Crippen LogP) is 0.156. The van der Waals surface area contributed by atoms with E-state index in [-0.39, 0.29) is 11.3 Å². The van der Waals surface area contributed by atoms with Gasteiger partial charge in [-0.3, -0.25) is 0 Å². The van der Waals surface area contributed by atoms with Crippen molar-refractivity contribution in [2.45, 2.75) is 0 Å². The Balaban J connectivity index is 3.18. The number of rotatable bonds is 1. The third-order valence-electron chi connectivity index (χ3n) is 1.58. The second-order valence-corrected chi connectivity index (χ2v) is 2.41. The number of carbonyl (C=O) groups excluding carboxylic acids is 2. The Bertz CT molecular complexity index is 443. The lowest BCUT2D eigenvalue weighted by Gasteiger charge is -1.95. The Labute approximate surface area is 84.8 Å². The van der Waals surface area contributed by atoms with Gasteiger partial charge in [-0.2, -0.15) is 15.0 Å². The highest BCUT2D eigenvalue weighted by molar-refractivity contribution is 5.90. The number of aromatic nitrogens is 2. The molecule has 0 unspecified atom stereocenters. The molecule has 0 N–H and O–H groups in total. The van der Waals surface area contributed by atoms with Crippen molar-refractivity contribution in [3.63, 3.8) is 0 Å². The molecular formula is C8H7N3O4. The summed E-state index contributed by atoms with van der Waals surface area (Å²) in [5.41, 5.74) is -0.266. The molecule has 0 radical (unpaired) electrons. The highest BCUT2D eigenvalue weighted by Crippen LogP contribution is 2.07. The van der Waals surface area contributed by atoms with Crippen molar-refractivity contribution in [2.24, 2.45) is 0 Å². The third kappa shape index (κ3) is 1.94. The van der Waals surface area contributed by atoms with Crippen molar-refractivity contribution in [2.75, 3.05) is 14.2 Å². The van der Waals surface area contributed by atoms with Crippen molar-refractivity contribution in [3.05, 3.63) is 17.5 Å². The number of hydrogen-bond donors (Lipinski definition) is 0. The molecule has 1 aromatic heterocycles. The Morgan fingerprint density at radius 1 is 1.47 bits per heavy atom. The molecule has 1 aromatic rings. The van der Waals surface area contributed by atoms with Gasteiger partial charge in [0.05, 0.1) is 20.4 Å². The number of hydrogen-bond acceptors (Lipinski definition) is 6. The maximum atomic E-state index is 11.1. The topological polar surface area (TPSA) is 94.2 Å². The van der Waals surface area contributed by atoms with Crippen molar-refractivity contribution >= 4 is 12.1 Å². The van der Waals surface area contributed by atoms with Crippen LogP contribution in [0.15, 0.2) is 6.20 Å². The third-order valence-corrected chi connectivity index (χ3v) is 1.58. The van der Waals surface area contributed by atoms with Gasteiger partial charge in [0.1, 0.15) is 11.6 Å². The predicted molar refractivity (Wildman–Crippen MR) is 46.1 cm³/mol. The lowest BCUT2D eigenvalue weighted by molar-refractivity contribution is 0.0593. The zero-order valence-corrected chi connectivity index (χ0v) is 8.05. The van der Waals surface area contributed by atoms with Crippen LogP contribution in [0, 0.1) is 11.3 Å². The van der Waals surface area contributed by atoms with Gasteiger partial charge in [0, 0.05) is 0 Å². The van der Waals surface area contributed by atoms with E-state index in [1.165, 1.54) is 0 Å². The van der Waals surface area contributed by atoms with Gasteiger partial charge >= 0.3 is 12.1 Å². The average Bonchev–Trinajstić information content (AvgIpc) is 2.70. The Morgan fingerprint density at radius 3 is 2.60 bits per heavy atom. The first-order valence-corrected chi connectivity index (χ1v) is 3.80. The Kier molecular flexibility index (Phi) is 3.03. The molecule has 7 heteroatoms. The molecule has 0 fully saturated rings. The van der Waals surface area contributed by atoms with E-state index in [1.807, 2.05) is 0 Å². The fourth-order valence-corrected chi connectivity index (χ4v) is 0.890. The summed E-state index contributed by atoms with van der Waals surface area (Å²) in [5, 5.41) is 12.2. The first-order chi connectivity index (χ1) is 7.13. The van der Waals surface area contributed by atoms with E-state index in [9.17, 15) is 9.59 Å². The molecule has 0 amide bonds. The highest BCUT2D eigenvalue weighted by atomic mass is 16.5. The number of nitrogens with zero attached hydrogens (tertiary/aromatic N) is 3. The largest absolute Gasteiger partial charge is 0.464 e. The molecular weight excluding hydrogens is 202 g/mol. The number of esters is 1. The minimum absolute atomic E-state index is 0.0488. The van der Waals surface area contributed by atoms with Gasteiger partial charge in [-0.1, -0.05) is 0 Å². The molecule has 15 heavy (non-hydrogen) atoms. The summed E-state index contributed by atoms with van der Waals surface area (Å²) in [5.74, 6) is -0.783. The fourth-order valence-electron chi connectivity index (χ4n) is 0.890. The number of nitriles is 1. The molecule has 1 heterocycles. The Hall–Kier alpha value is -2.36. The SMILES string of the molecule is COC(=O)c1nn(C(=O)OC)cc1C#N. The van der Waals surface area contributed by atoms with Gasteiger partial charge in [-0.15, -0.1) is 0 Å². The summed E-state index contributed by atoms with van der Waals surface area (Å²) in [4.78, 5) is 22.1. The van der Waals surface area contributed by atoms with Crippen LogP contribution in [0.3, 0.4) is 0 Å². The second kappa shape index (κ2) is 4.23. The summed E-state index contributed by atoms with van der Waals surface area (Å²) >= 11 is 0. The standard InChI is InChI=1S/C8H7N3O4/c1-14-7(12)6-5(3-9)4-11(10-6)8(13)15-2/h4H,1-2H3. The highest BCUT2D eigenvalue weighted by Gasteiger charge is 2.19. The quantitative estimate of drug-likeness (QED) is 0.611. The van der Waals surface area contributed by atoms with Crippen molar-refractivity contribution < 1.29 is 19.1 Å². The van der Waals surface area contributed by atoms with Crippen LogP contribution < -0.4 is 0 Å². The van der Waals surface area contributed by atoms with Crippen LogP contribution in [0.5, 0.6) is 0 Å². The Morgan fingerprint density at radius 2 is 2.13 bits per heavy atom. The maximum Gasteiger partial charge on any atom is 0.434 e. The van der Waals surface area contributed by atoms with Gasteiger partial charge < -0.3 is 9.47 Å². The van der Waals surface area contributed by atoms with Gasteiger partial charge in [0.15, 0.2) is 5.69 Å². The van der Waals surface area contributed by atoms with Crippen LogP contribution in [0.1, 0.15) is 16.1 Å². The second-order valence-electron chi connectivity index (χ2n) is 2.41. The molecule has 0 atom stereocenters. The van der Waals surface area contributed by atoms with E-state index < -0.39 is 12.1 Å². The van der Waals surface area contributed by atoms with Gasteiger partial charge in [-0.25, -0.2) is 9.59 Å². The maximum absolute atomic E-state index is 11.1. The molecule has 0 aromatic carbocycles. The van der Waals surface area contributed by atoms with Crippen molar-refractivity contribution in [1.82, 2.24) is 9.78 Å². The number of carbonyl (C=O) groups is 2. The zero-order chi connectivity index (χ0) is 11.4. The normalized spacial score (nSPS) is 9.13. The minimum atomic E-state index is -0.790. The van der Waals surface area contributed by atoms with Crippen LogP contribution in [-0.2, 0) is 9.47 Å². The van der Waals surface area contributed by atoms with Crippen molar-refractivity contribution in [1.29, 1.82) is 5.26 Å². The molecule has 1 rings (SSSR count). The molecule has 0 spiro atoms. The fraction of sp³-hybridized carbons (Fsp3) is 0.250. The number of ether oxygens (including phenoxy) is 2. The first-order valence-electron chi connectivity index (χ1n) is 3.80. The van der Waals surface area contributed by atoms with Gasteiger partial charge in [-0.05, 0) is 0 Å². The average molecular weight is 209 g/mol. The molecule has 0 aliphatic heterocycles. The van der Waals surface area contributed by atoms with E-state index in [2.05, 4.69) is 14.6 Å². The minimum Gasteiger partial charge on any atom is -0.464 e. The summed E-state index contributed by atoms with van der Waals surface area (Å²) in [6.07, 6.45) is 0.305. The zero-order valence-electron chi connectivity index (χ0n) is 8.05. The van der Waals surface area contributed by atoms with E-state index in [0.29, 0.717) is 0 Å². The van der Waals surface area contributed by atoms with Crippen molar-refractivity contribution in [3.8, 4) is 6.07 Å². The molecule has 0 bridgehead atoms. The molecule has 0 saturated carbocycles. The molecule has 78 valence electrons. The van der Waals surface area contributed by atoms with E-state index >= 15 is 0 Å². The number of methoxy groups -OCH3 is 2. The van der Waals surface area contributed by atoms with E-state index in [0.717, 1.165) is 25.1 Å². The lowest BCUT2D eigenvalue weighted by Crippen LogP contribution is -2.13. The summed E-state index contributed by atoms with van der Waals surface area (Å²) < 4.78 is 9.50. The molecule has 7 nitrogen and oxygen atoms in total. The van der Waals surface area contributed by atoms with Crippen LogP contribution in [0.4, 0.5) is 4.79 Å². The van der Waals surface area contributed by atoms with Crippen LogP contribution in [-0.4, -0.2) is 36.1 Å². The summed E-state index contributed by atoms with van der Waals surface area (Å²) in [7, 11) is 2.31. The van der Waals surface area contributed by atoms with Crippen LogP contribution in [0.2, 0.25) is 0 Å². The van der Waals surface area contributed by atoms with E-state index in [1.54, 1.807) is 6.07 Å². The van der Waals surface area contributed by atoms with Gasteiger partial charge in [0.2, 0.25) is 0 Å². The van der Waals surface area contributed by atoms with Crippen LogP contribution >= 0.6 is 0 Å².